The van der Waals surface area contributed by atoms with Crippen LogP contribution in [0.4, 0.5) is 5.00 Å². The fraction of sp³-hybridized carbons (Fsp3) is 0.500. The summed E-state index contributed by atoms with van der Waals surface area (Å²) in [5.74, 6) is -0.252. The molecule has 0 saturated heterocycles. The lowest BCUT2D eigenvalue weighted by molar-refractivity contribution is 0.0531. The summed E-state index contributed by atoms with van der Waals surface area (Å²) in [6, 6.07) is 1.86. The summed E-state index contributed by atoms with van der Waals surface area (Å²) in [5, 5.41) is 0.677. The number of halogens is 1. The van der Waals surface area contributed by atoms with E-state index in [0.717, 1.165) is 18.4 Å². The van der Waals surface area contributed by atoms with E-state index in [1.165, 1.54) is 11.3 Å². The molecular weight excluding hydrogens is 234 g/mol. The Hall–Kier alpha value is -0.740. The molecule has 0 aliphatic rings. The largest absolute Gasteiger partial charge is 0.462 e. The topological polar surface area (TPSA) is 52.3 Å². The van der Waals surface area contributed by atoms with Crippen molar-refractivity contribution in [1.82, 2.24) is 0 Å². The van der Waals surface area contributed by atoms with Crippen molar-refractivity contribution in [2.45, 2.75) is 26.7 Å². The third kappa shape index (κ3) is 3.72. The van der Waals surface area contributed by atoms with Crippen LogP contribution in [0.15, 0.2) is 6.07 Å². The molecule has 15 heavy (non-hydrogen) atoms. The number of anilines is 1. The predicted octanol–water partition coefficient (Wildman–Crippen LogP) is 2.88. The zero-order valence-electron chi connectivity index (χ0n) is 8.91. The molecule has 5 heteroatoms. The van der Waals surface area contributed by atoms with Gasteiger partial charge in [-0.15, -0.1) is 23.7 Å². The van der Waals surface area contributed by atoms with Gasteiger partial charge in [-0.25, -0.2) is 4.79 Å². The first-order valence-electron chi connectivity index (χ1n) is 4.74. The highest BCUT2D eigenvalue weighted by molar-refractivity contribution is 7.17. The Balaban J connectivity index is 0.00000196. The molecule has 0 atom stereocenters. The summed E-state index contributed by atoms with van der Waals surface area (Å²) in [6.07, 6.45) is 1.88. The minimum absolute atomic E-state index is 0. The number of thiophene rings is 1. The van der Waals surface area contributed by atoms with Crippen molar-refractivity contribution < 1.29 is 9.53 Å². The average Bonchev–Trinajstić information content (AvgIpc) is 2.48. The van der Waals surface area contributed by atoms with Crippen LogP contribution < -0.4 is 5.73 Å². The Morgan fingerprint density at radius 1 is 1.53 bits per heavy atom. The van der Waals surface area contributed by atoms with Gasteiger partial charge in [-0.3, -0.25) is 0 Å². The van der Waals surface area contributed by atoms with Gasteiger partial charge in [0.2, 0.25) is 0 Å². The lowest BCUT2D eigenvalue weighted by atomic mass is 10.1. The van der Waals surface area contributed by atoms with Crippen molar-refractivity contribution in [2.75, 3.05) is 12.3 Å². The number of carbonyl (C=O) groups excluding carboxylic acids is 1. The molecule has 1 rings (SSSR count). The molecule has 3 nitrogen and oxygen atoms in total. The molecule has 1 aromatic heterocycles. The Morgan fingerprint density at radius 3 is 2.73 bits per heavy atom. The van der Waals surface area contributed by atoms with Crippen molar-refractivity contribution in [3.63, 3.8) is 0 Å². The number of aryl methyl sites for hydroxylation is 1. The SMILES string of the molecule is CCCc1cc(N)sc1C(=O)OCC.Cl. The minimum Gasteiger partial charge on any atom is -0.462 e. The third-order valence-electron chi connectivity index (χ3n) is 1.81. The van der Waals surface area contributed by atoms with Crippen LogP contribution in [-0.4, -0.2) is 12.6 Å². The summed E-state index contributed by atoms with van der Waals surface area (Å²) in [4.78, 5) is 12.1. The second-order valence-electron chi connectivity index (χ2n) is 2.97. The number of carbonyl (C=O) groups is 1. The highest BCUT2D eigenvalue weighted by atomic mass is 35.5. The number of ether oxygens (including phenoxy) is 1. The highest BCUT2D eigenvalue weighted by Gasteiger charge is 2.15. The summed E-state index contributed by atoms with van der Waals surface area (Å²) in [7, 11) is 0. The maximum Gasteiger partial charge on any atom is 0.348 e. The summed E-state index contributed by atoms with van der Waals surface area (Å²) in [5.41, 5.74) is 6.66. The van der Waals surface area contributed by atoms with Gasteiger partial charge in [0.25, 0.3) is 0 Å². The Morgan fingerprint density at radius 2 is 2.20 bits per heavy atom. The van der Waals surface area contributed by atoms with E-state index in [1.54, 1.807) is 6.92 Å². The van der Waals surface area contributed by atoms with Crippen LogP contribution in [0.3, 0.4) is 0 Å². The van der Waals surface area contributed by atoms with E-state index in [1.807, 2.05) is 6.07 Å². The molecule has 0 saturated carbocycles. The van der Waals surface area contributed by atoms with Crippen molar-refractivity contribution >= 4 is 34.7 Å². The maximum absolute atomic E-state index is 11.5. The van der Waals surface area contributed by atoms with Crippen LogP contribution in [-0.2, 0) is 11.2 Å². The van der Waals surface area contributed by atoms with Crippen molar-refractivity contribution in [1.29, 1.82) is 0 Å². The molecule has 0 radical (unpaired) electrons. The zero-order chi connectivity index (χ0) is 10.6. The number of hydrogen-bond acceptors (Lipinski definition) is 4. The summed E-state index contributed by atoms with van der Waals surface area (Å²) in [6.45, 7) is 4.28. The van der Waals surface area contributed by atoms with Gasteiger partial charge in [-0.2, -0.15) is 0 Å². The second-order valence-corrected chi connectivity index (χ2v) is 4.06. The standard InChI is InChI=1S/C10H15NO2S.ClH/c1-3-5-7-6-8(11)14-9(7)10(12)13-4-2;/h6H,3-5,11H2,1-2H3;1H. The van der Waals surface area contributed by atoms with Gasteiger partial charge in [-0.1, -0.05) is 13.3 Å². The number of rotatable bonds is 4. The number of nitrogen functional groups attached to an aromatic ring is 1. The van der Waals surface area contributed by atoms with Gasteiger partial charge < -0.3 is 10.5 Å². The van der Waals surface area contributed by atoms with E-state index >= 15 is 0 Å². The quantitative estimate of drug-likeness (QED) is 0.835. The molecule has 0 spiro atoms. The zero-order valence-corrected chi connectivity index (χ0v) is 10.5. The summed E-state index contributed by atoms with van der Waals surface area (Å²) < 4.78 is 4.94. The lowest BCUT2D eigenvalue weighted by Gasteiger charge is -2.01. The first kappa shape index (κ1) is 14.3. The van der Waals surface area contributed by atoms with Crippen molar-refractivity contribution in [3.8, 4) is 0 Å². The minimum atomic E-state index is -0.252. The molecular formula is C10H16ClNO2S. The molecule has 86 valence electrons. The van der Waals surface area contributed by atoms with E-state index in [2.05, 4.69) is 6.92 Å². The normalized spacial score (nSPS) is 9.47. The van der Waals surface area contributed by atoms with Gasteiger partial charge in [0.1, 0.15) is 4.88 Å². The summed E-state index contributed by atoms with van der Waals surface area (Å²) >= 11 is 1.31. The van der Waals surface area contributed by atoms with Crippen LogP contribution >= 0.6 is 23.7 Å². The molecule has 1 aromatic rings. The van der Waals surface area contributed by atoms with Crippen LogP contribution in [0.5, 0.6) is 0 Å². The van der Waals surface area contributed by atoms with Crippen molar-refractivity contribution in [2.24, 2.45) is 0 Å². The first-order valence-corrected chi connectivity index (χ1v) is 5.56. The van der Waals surface area contributed by atoms with Gasteiger partial charge >= 0.3 is 5.97 Å². The number of nitrogens with two attached hydrogens (primary N) is 1. The lowest BCUT2D eigenvalue weighted by Crippen LogP contribution is -2.04. The van der Waals surface area contributed by atoms with Gasteiger partial charge in [0, 0.05) is 0 Å². The van der Waals surface area contributed by atoms with E-state index < -0.39 is 0 Å². The average molecular weight is 250 g/mol. The molecule has 1 heterocycles. The molecule has 2 N–H and O–H groups in total. The van der Waals surface area contributed by atoms with E-state index in [9.17, 15) is 4.79 Å². The molecule has 0 amide bonds. The number of hydrogen-bond donors (Lipinski definition) is 1. The number of esters is 1. The predicted molar refractivity (Wildman–Crippen MR) is 65.9 cm³/mol. The van der Waals surface area contributed by atoms with Gasteiger partial charge in [-0.05, 0) is 25.0 Å². The molecule has 0 bridgehead atoms. The second kappa shape index (κ2) is 6.69. The molecule has 0 unspecified atom stereocenters. The molecule has 0 aromatic carbocycles. The third-order valence-corrected chi connectivity index (χ3v) is 2.79. The van der Waals surface area contributed by atoms with Gasteiger partial charge in [0.05, 0.1) is 11.6 Å². The maximum atomic E-state index is 11.5. The van der Waals surface area contributed by atoms with E-state index in [-0.39, 0.29) is 18.4 Å². The monoisotopic (exact) mass is 249 g/mol. The molecule has 0 aliphatic heterocycles. The van der Waals surface area contributed by atoms with Crippen molar-refractivity contribution in [3.05, 3.63) is 16.5 Å². The Bertz CT molecular complexity index is 325. The fourth-order valence-electron chi connectivity index (χ4n) is 1.27. The molecule has 0 aliphatic carbocycles. The first-order chi connectivity index (χ1) is 6.69. The molecule has 0 fully saturated rings. The van der Waals surface area contributed by atoms with Crippen LogP contribution in [0.1, 0.15) is 35.5 Å². The van der Waals surface area contributed by atoms with Crippen LogP contribution in [0.2, 0.25) is 0 Å². The highest BCUT2D eigenvalue weighted by Crippen LogP contribution is 2.26. The Kier molecular flexibility index (Phi) is 6.36. The van der Waals surface area contributed by atoms with E-state index in [0.29, 0.717) is 16.5 Å². The van der Waals surface area contributed by atoms with Crippen LogP contribution in [0.25, 0.3) is 0 Å². The van der Waals surface area contributed by atoms with Gasteiger partial charge in [0.15, 0.2) is 0 Å². The smallest absolute Gasteiger partial charge is 0.348 e. The van der Waals surface area contributed by atoms with Crippen LogP contribution in [0, 0.1) is 0 Å². The fourth-order valence-corrected chi connectivity index (χ4v) is 2.15. The van der Waals surface area contributed by atoms with E-state index in [4.69, 9.17) is 10.5 Å². The Labute approximate surface area is 100 Å².